The molecular weight excluding hydrogens is 350 g/mol. The van der Waals surface area contributed by atoms with E-state index in [-0.39, 0.29) is 16.9 Å². The first-order chi connectivity index (χ1) is 13.3. The first kappa shape index (κ1) is 20.3. The number of anilines is 1. The third-order valence-electron chi connectivity index (χ3n) is 5.62. The van der Waals surface area contributed by atoms with E-state index in [0.29, 0.717) is 17.4 Å². The van der Waals surface area contributed by atoms with Crippen LogP contribution in [-0.2, 0) is 16.6 Å². The molecule has 1 aromatic carbocycles. The van der Waals surface area contributed by atoms with Crippen molar-refractivity contribution in [1.82, 2.24) is 9.97 Å². The second-order valence-electron chi connectivity index (χ2n) is 8.81. The third kappa shape index (κ3) is 4.70. The minimum Gasteiger partial charge on any atom is -0.504 e. The number of nitrogens with zero attached hydrogens (tertiary/aromatic N) is 3. The Labute approximate surface area is 167 Å². The van der Waals surface area contributed by atoms with Gasteiger partial charge in [-0.05, 0) is 55.2 Å². The molecule has 2 aromatic rings. The van der Waals surface area contributed by atoms with Crippen molar-refractivity contribution < 1.29 is 9.90 Å². The Morgan fingerprint density at radius 2 is 1.86 bits per heavy atom. The number of aromatic nitrogens is 2. The molecule has 2 heterocycles. The van der Waals surface area contributed by atoms with Crippen LogP contribution in [0.5, 0.6) is 5.75 Å². The summed E-state index contributed by atoms with van der Waals surface area (Å²) in [5.74, 6) is 0.938. The molecule has 0 amide bonds. The largest absolute Gasteiger partial charge is 0.504 e. The Bertz CT molecular complexity index is 825. The molecule has 1 fully saturated rings. The van der Waals surface area contributed by atoms with Gasteiger partial charge >= 0.3 is 0 Å². The summed E-state index contributed by atoms with van der Waals surface area (Å²) in [6.07, 6.45) is 5.73. The third-order valence-corrected chi connectivity index (χ3v) is 5.62. The molecule has 0 bridgehead atoms. The monoisotopic (exact) mass is 380 g/mol. The number of benzene rings is 1. The summed E-state index contributed by atoms with van der Waals surface area (Å²) in [6, 6.07) is 8.95. The number of hydrogen-bond donors (Lipinski definition) is 1. The van der Waals surface area contributed by atoms with Crippen molar-refractivity contribution >= 4 is 12.0 Å². The van der Waals surface area contributed by atoms with Gasteiger partial charge in [0.2, 0.25) is 0 Å². The number of rotatable bonds is 4. The lowest BCUT2D eigenvalue weighted by atomic mass is 9.87. The van der Waals surface area contributed by atoms with Crippen molar-refractivity contribution in [2.24, 2.45) is 5.92 Å². The van der Waals surface area contributed by atoms with Crippen molar-refractivity contribution in [1.29, 1.82) is 0 Å². The van der Waals surface area contributed by atoms with Crippen LogP contribution in [0.2, 0.25) is 0 Å². The smallest absolute Gasteiger partial charge is 0.257 e. The maximum atomic E-state index is 11.0. The van der Waals surface area contributed by atoms with Crippen molar-refractivity contribution in [3.63, 3.8) is 0 Å². The van der Waals surface area contributed by atoms with Crippen molar-refractivity contribution in [2.75, 3.05) is 18.0 Å². The lowest BCUT2D eigenvalue weighted by Gasteiger charge is -2.25. The molecule has 1 unspecified atom stereocenters. The number of carbonyl (C=O) groups excluding carboxylic acids is 1. The average Bonchev–Trinajstić information content (AvgIpc) is 2.89. The molecule has 1 aliphatic rings. The predicted molar refractivity (Wildman–Crippen MR) is 112 cm³/mol. The summed E-state index contributed by atoms with van der Waals surface area (Å²) in [5, 5.41) is 9.81. The minimum absolute atomic E-state index is 0.0308. The lowest BCUT2D eigenvalue weighted by Crippen LogP contribution is -2.24. The topological polar surface area (TPSA) is 66.3 Å². The van der Waals surface area contributed by atoms with Gasteiger partial charge in [0.1, 0.15) is 5.82 Å². The Hall–Kier alpha value is -2.43. The van der Waals surface area contributed by atoms with Crippen molar-refractivity contribution in [3.05, 3.63) is 47.0 Å². The molecule has 0 saturated carbocycles. The summed E-state index contributed by atoms with van der Waals surface area (Å²) in [4.78, 5) is 22.0. The fourth-order valence-electron chi connectivity index (χ4n) is 3.85. The van der Waals surface area contributed by atoms with Crippen LogP contribution < -0.4 is 4.90 Å². The van der Waals surface area contributed by atoms with Crippen LogP contribution in [0.25, 0.3) is 0 Å². The second kappa shape index (κ2) is 8.29. The van der Waals surface area contributed by atoms with Gasteiger partial charge in [-0.1, -0.05) is 32.9 Å². The summed E-state index contributed by atoms with van der Waals surface area (Å²) in [6.45, 7) is 10.5. The molecule has 1 aliphatic heterocycles. The van der Waals surface area contributed by atoms with Gasteiger partial charge in [-0.3, -0.25) is 4.79 Å². The Morgan fingerprint density at radius 1 is 1.14 bits per heavy atom. The zero-order valence-electron chi connectivity index (χ0n) is 17.3. The van der Waals surface area contributed by atoms with E-state index in [1.807, 2.05) is 0 Å². The van der Waals surface area contributed by atoms with Gasteiger partial charge in [0.05, 0.1) is 5.69 Å². The Balaban J connectivity index is 1.65. The molecule has 3 rings (SSSR count). The molecule has 149 valence electrons. The highest BCUT2D eigenvalue weighted by Gasteiger charge is 2.21. The molecule has 1 atom stereocenters. The minimum atomic E-state index is -0.163. The van der Waals surface area contributed by atoms with E-state index in [2.05, 4.69) is 59.9 Å². The average molecular weight is 381 g/mol. The van der Waals surface area contributed by atoms with E-state index in [9.17, 15) is 9.90 Å². The van der Waals surface area contributed by atoms with Crippen LogP contribution in [0.3, 0.4) is 0 Å². The van der Waals surface area contributed by atoms with E-state index in [4.69, 9.17) is 0 Å². The summed E-state index contributed by atoms with van der Waals surface area (Å²) >= 11 is 0. The van der Waals surface area contributed by atoms with Gasteiger partial charge in [-0.25, -0.2) is 9.97 Å². The lowest BCUT2D eigenvalue weighted by molar-refractivity contribution is 0.444. The van der Waals surface area contributed by atoms with Crippen LogP contribution in [0.15, 0.2) is 24.3 Å². The fraction of sp³-hybridized carbons (Fsp3) is 0.522. The van der Waals surface area contributed by atoms with E-state index in [0.717, 1.165) is 38.8 Å². The van der Waals surface area contributed by atoms with E-state index in [1.54, 1.807) is 13.2 Å². The highest BCUT2D eigenvalue weighted by atomic mass is 16.3. The van der Waals surface area contributed by atoms with Crippen LogP contribution in [0, 0.1) is 12.8 Å². The molecule has 1 aromatic heterocycles. The summed E-state index contributed by atoms with van der Waals surface area (Å²) in [5.41, 5.74) is 3.21. The van der Waals surface area contributed by atoms with E-state index < -0.39 is 0 Å². The zero-order chi connectivity index (χ0) is 20.3. The molecule has 1 radical (unpaired) electrons. The quantitative estimate of drug-likeness (QED) is 0.865. The van der Waals surface area contributed by atoms with Gasteiger partial charge in [-0.15, -0.1) is 0 Å². The number of hydrogen-bond acceptors (Lipinski definition) is 5. The molecule has 1 saturated heterocycles. The van der Waals surface area contributed by atoms with Gasteiger partial charge in [0.25, 0.3) is 6.29 Å². The first-order valence-corrected chi connectivity index (χ1v) is 10.1. The first-order valence-electron chi connectivity index (χ1n) is 10.1. The predicted octanol–water partition coefficient (Wildman–Crippen LogP) is 4.10. The highest BCUT2D eigenvalue weighted by molar-refractivity contribution is 5.76. The van der Waals surface area contributed by atoms with Crippen molar-refractivity contribution in [2.45, 2.75) is 58.8 Å². The van der Waals surface area contributed by atoms with Crippen LogP contribution in [0.4, 0.5) is 5.69 Å². The summed E-state index contributed by atoms with van der Waals surface area (Å²) < 4.78 is 0. The van der Waals surface area contributed by atoms with E-state index in [1.165, 1.54) is 11.3 Å². The zero-order valence-corrected chi connectivity index (χ0v) is 17.3. The van der Waals surface area contributed by atoms with Gasteiger partial charge < -0.3 is 10.0 Å². The molecule has 1 N–H and O–H groups in total. The highest BCUT2D eigenvalue weighted by Crippen LogP contribution is 2.28. The Kier molecular flexibility index (Phi) is 6.01. The SMILES string of the molecule is Cc1nc(CC2CCCN(c3ccc(C(C)(C)C)cc3)CC2)nc([C]=O)c1O. The normalized spacial score (nSPS) is 18.0. The second-order valence-corrected chi connectivity index (χ2v) is 8.81. The van der Waals surface area contributed by atoms with Gasteiger partial charge in [0.15, 0.2) is 11.4 Å². The van der Waals surface area contributed by atoms with Gasteiger partial charge in [0, 0.05) is 25.2 Å². The molecule has 0 spiro atoms. The number of aromatic hydroxyl groups is 1. The maximum Gasteiger partial charge on any atom is 0.257 e. The standard InChI is InChI=1S/C23H30N3O2/c1-16-22(28)20(15-27)25-21(24-16)14-17-6-5-12-26(13-11-17)19-9-7-18(8-10-19)23(2,3)4/h7-10,17,28H,5-6,11-14H2,1-4H3. The Morgan fingerprint density at radius 3 is 2.50 bits per heavy atom. The fourth-order valence-corrected chi connectivity index (χ4v) is 3.85. The van der Waals surface area contributed by atoms with Crippen LogP contribution in [0.1, 0.15) is 62.8 Å². The van der Waals surface area contributed by atoms with Crippen LogP contribution in [-0.4, -0.2) is 34.5 Å². The molecule has 5 heteroatoms. The maximum absolute atomic E-state index is 11.0. The van der Waals surface area contributed by atoms with Crippen LogP contribution >= 0.6 is 0 Å². The number of aryl methyl sites for hydroxylation is 1. The molecule has 0 aliphatic carbocycles. The van der Waals surface area contributed by atoms with Crippen molar-refractivity contribution in [3.8, 4) is 5.75 Å². The molecule has 5 nitrogen and oxygen atoms in total. The van der Waals surface area contributed by atoms with Gasteiger partial charge in [-0.2, -0.15) is 0 Å². The van der Waals surface area contributed by atoms with E-state index >= 15 is 0 Å². The molecular formula is C23H30N3O2. The summed E-state index contributed by atoms with van der Waals surface area (Å²) in [7, 11) is 0. The molecule has 28 heavy (non-hydrogen) atoms.